The first-order chi connectivity index (χ1) is 8.08. The smallest absolute Gasteiger partial charge is 0.254 e. The summed E-state index contributed by atoms with van der Waals surface area (Å²) in [6, 6.07) is 2.57. The molecule has 92 valence electrons. The van der Waals surface area contributed by atoms with Crippen LogP contribution in [0.2, 0.25) is 0 Å². The summed E-state index contributed by atoms with van der Waals surface area (Å²) >= 11 is 0. The summed E-state index contributed by atoms with van der Waals surface area (Å²) in [5.41, 5.74) is 5.52. The van der Waals surface area contributed by atoms with E-state index in [2.05, 4.69) is 5.32 Å². The first-order valence-electron chi connectivity index (χ1n) is 5.59. The molecule has 3 N–H and O–H groups in total. The van der Waals surface area contributed by atoms with Crippen molar-refractivity contribution >= 4 is 5.91 Å². The Morgan fingerprint density at radius 3 is 2.76 bits per heavy atom. The van der Waals surface area contributed by atoms with Gasteiger partial charge in [0.1, 0.15) is 11.6 Å². The maximum Gasteiger partial charge on any atom is 0.254 e. The molecule has 1 saturated carbocycles. The first kappa shape index (κ1) is 12.0. The molecule has 5 heteroatoms. The Kier molecular flexibility index (Phi) is 3.38. The maximum absolute atomic E-state index is 13.3. The van der Waals surface area contributed by atoms with Crippen molar-refractivity contribution in [1.82, 2.24) is 5.32 Å². The van der Waals surface area contributed by atoms with E-state index in [1.165, 1.54) is 0 Å². The van der Waals surface area contributed by atoms with Gasteiger partial charge < -0.3 is 11.1 Å². The molecule has 17 heavy (non-hydrogen) atoms. The van der Waals surface area contributed by atoms with Gasteiger partial charge in [0.25, 0.3) is 5.91 Å². The van der Waals surface area contributed by atoms with Gasteiger partial charge in [-0.3, -0.25) is 4.79 Å². The fourth-order valence-corrected chi connectivity index (χ4v) is 2.09. The van der Waals surface area contributed by atoms with E-state index in [0.717, 1.165) is 37.5 Å². The van der Waals surface area contributed by atoms with E-state index >= 15 is 0 Å². The van der Waals surface area contributed by atoms with Gasteiger partial charge in [-0.1, -0.05) is 0 Å². The zero-order valence-corrected chi connectivity index (χ0v) is 9.25. The number of carbonyl (C=O) groups is 1. The van der Waals surface area contributed by atoms with Crippen molar-refractivity contribution in [3.8, 4) is 0 Å². The minimum absolute atomic E-state index is 0.101. The molecule has 1 aliphatic rings. The predicted octanol–water partition coefficient (Wildman–Crippen LogP) is 1.57. The summed E-state index contributed by atoms with van der Waals surface area (Å²) in [7, 11) is 0. The highest BCUT2D eigenvalue weighted by molar-refractivity contribution is 5.94. The van der Waals surface area contributed by atoms with Gasteiger partial charge in [0.2, 0.25) is 0 Å². The molecule has 1 aromatic carbocycles. The molecule has 0 aromatic heterocycles. The topological polar surface area (TPSA) is 55.1 Å². The van der Waals surface area contributed by atoms with Gasteiger partial charge in [0.15, 0.2) is 0 Å². The second-order valence-electron chi connectivity index (χ2n) is 4.30. The van der Waals surface area contributed by atoms with Gasteiger partial charge in [-0.05, 0) is 37.5 Å². The zero-order chi connectivity index (χ0) is 12.4. The number of rotatable bonds is 2. The number of nitrogens with two attached hydrogens (primary N) is 1. The monoisotopic (exact) mass is 240 g/mol. The minimum atomic E-state index is -0.726. The number of amides is 1. The average molecular weight is 240 g/mol. The Bertz CT molecular complexity index is 437. The average Bonchev–Trinajstić information content (AvgIpc) is 2.68. The van der Waals surface area contributed by atoms with Crippen molar-refractivity contribution in [3.05, 3.63) is 35.4 Å². The Balaban J connectivity index is 2.11. The van der Waals surface area contributed by atoms with Gasteiger partial charge >= 0.3 is 0 Å². The fourth-order valence-electron chi connectivity index (χ4n) is 2.09. The van der Waals surface area contributed by atoms with Crippen LogP contribution in [0.3, 0.4) is 0 Å². The van der Waals surface area contributed by atoms with Crippen LogP contribution in [0.15, 0.2) is 18.2 Å². The predicted molar refractivity (Wildman–Crippen MR) is 59.4 cm³/mol. The standard InChI is InChI=1S/C12H14F2N2O/c13-7-4-5-9(14)8(6-7)12(17)16-11-3-1-2-10(11)15/h4-6,10-11H,1-3,15H2,(H,16,17). The second-order valence-corrected chi connectivity index (χ2v) is 4.30. The number of nitrogens with one attached hydrogen (secondary N) is 1. The third kappa shape index (κ3) is 2.61. The molecule has 0 heterocycles. The molecule has 0 radical (unpaired) electrons. The second kappa shape index (κ2) is 4.79. The lowest BCUT2D eigenvalue weighted by molar-refractivity contribution is 0.0930. The van der Waals surface area contributed by atoms with E-state index in [9.17, 15) is 13.6 Å². The van der Waals surface area contributed by atoms with Crippen LogP contribution in [-0.4, -0.2) is 18.0 Å². The van der Waals surface area contributed by atoms with E-state index in [4.69, 9.17) is 5.73 Å². The van der Waals surface area contributed by atoms with Crippen LogP contribution in [-0.2, 0) is 0 Å². The van der Waals surface area contributed by atoms with Gasteiger partial charge in [0, 0.05) is 12.1 Å². The van der Waals surface area contributed by atoms with E-state index in [-0.39, 0.29) is 17.6 Å². The molecule has 2 rings (SSSR count). The lowest BCUT2D eigenvalue weighted by Crippen LogP contribution is -2.44. The van der Waals surface area contributed by atoms with Crippen molar-refractivity contribution in [2.24, 2.45) is 5.73 Å². The molecule has 1 aliphatic carbocycles. The Labute approximate surface area is 98.0 Å². The Morgan fingerprint density at radius 2 is 2.12 bits per heavy atom. The number of benzene rings is 1. The lowest BCUT2D eigenvalue weighted by atomic mass is 10.1. The van der Waals surface area contributed by atoms with Gasteiger partial charge in [0.05, 0.1) is 5.56 Å². The Hall–Kier alpha value is -1.49. The Morgan fingerprint density at radius 1 is 1.35 bits per heavy atom. The highest BCUT2D eigenvalue weighted by atomic mass is 19.1. The molecule has 2 atom stereocenters. The molecular formula is C12H14F2N2O. The molecular weight excluding hydrogens is 226 g/mol. The molecule has 0 bridgehead atoms. The summed E-state index contributed by atoms with van der Waals surface area (Å²) < 4.78 is 26.3. The van der Waals surface area contributed by atoms with Crippen LogP contribution in [0.25, 0.3) is 0 Å². The highest BCUT2D eigenvalue weighted by Gasteiger charge is 2.26. The molecule has 1 fully saturated rings. The van der Waals surface area contributed by atoms with Crippen LogP contribution in [0.1, 0.15) is 29.6 Å². The van der Waals surface area contributed by atoms with Crippen LogP contribution in [0.5, 0.6) is 0 Å². The van der Waals surface area contributed by atoms with Crippen molar-refractivity contribution in [2.75, 3.05) is 0 Å². The number of hydrogen-bond acceptors (Lipinski definition) is 2. The molecule has 1 amide bonds. The first-order valence-corrected chi connectivity index (χ1v) is 5.59. The van der Waals surface area contributed by atoms with E-state index in [1.54, 1.807) is 0 Å². The van der Waals surface area contributed by atoms with E-state index in [0.29, 0.717) is 0 Å². The van der Waals surface area contributed by atoms with Crippen molar-refractivity contribution in [2.45, 2.75) is 31.3 Å². The molecule has 2 unspecified atom stereocenters. The summed E-state index contributed by atoms with van der Waals surface area (Å²) in [5, 5.41) is 2.64. The van der Waals surface area contributed by atoms with Gasteiger partial charge in [-0.15, -0.1) is 0 Å². The van der Waals surface area contributed by atoms with Crippen LogP contribution >= 0.6 is 0 Å². The fraction of sp³-hybridized carbons (Fsp3) is 0.417. The zero-order valence-electron chi connectivity index (χ0n) is 9.25. The lowest BCUT2D eigenvalue weighted by Gasteiger charge is -2.17. The normalized spacial score (nSPS) is 23.7. The van der Waals surface area contributed by atoms with Crippen LogP contribution < -0.4 is 11.1 Å². The molecule has 1 aromatic rings. The summed E-state index contributed by atoms with van der Waals surface area (Å²) in [5.74, 6) is -1.97. The van der Waals surface area contributed by atoms with Gasteiger partial charge in [-0.2, -0.15) is 0 Å². The third-order valence-corrected chi connectivity index (χ3v) is 3.06. The summed E-state index contributed by atoms with van der Waals surface area (Å²) in [4.78, 5) is 11.7. The van der Waals surface area contributed by atoms with E-state index < -0.39 is 17.5 Å². The summed E-state index contributed by atoms with van der Waals surface area (Å²) in [6.07, 6.45) is 2.57. The SMILES string of the molecule is NC1CCCC1NC(=O)c1cc(F)ccc1F. The summed E-state index contributed by atoms with van der Waals surface area (Å²) in [6.45, 7) is 0. The number of halogens is 2. The minimum Gasteiger partial charge on any atom is -0.348 e. The largest absolute Gasteiger partial charge is 0.348 e. The van der Waals surface area contributed by atoms with Crippen molar-refractivity contribution in [1.29, 1.82) is 0 Å². The highest BCUT2D eigenvalue weighted by Crippen LogP contribution is 2.18. The molecule has 0 spiro atoms. The molecule has 0 aliphatic heterocycles. The quantitative estimate of drug-likeness (QED) is 0.824. The van der Waals surface area contributed by atoms with Crippen LogP contribution in [0, 0.1) is 11.6 Å². The van der Waals surface area contributed by atoms with Crippen LogP contribution in [0.4, 0.5) is 8.78 Å². The van der Waals surface area contributed by atoms with Crippen molar-refractivity contribution in [3.63, 3.8) is 0 Å². The maximum atomic E-state index is 13.3. The van der Waals surface area contributed by atoms with Crippen molar-refractivity contribution < 1.29 is 13.6 Å². The van der Waals surface area contributed by atoms with Gasteiger partial charge in [-0.25, -0.2) is 8.78 Å². The number of carbonyl (C=O) groups excluding carboxylic acids is 1. The number of hydrogen-bond donors (Lipinski definition) is 2. The van der Waals surface area contributed by atoms with E-state index in [1.807, 2.05) is 0 Å². The molecule has 3 nitrogen and oxygen atoms in total. The molecule has 0 saturated heterocycles. The third-order valence-electron chi connectivity index (χ3n) is 3.06.